The molecule has 1 aliphatic heterocycles. The van der Waals surface area contributed by atoms with Gasteiger partial charge < -0.3 is 15.1 Å². The van der Waals surface area contributed by atoms with Gasteiger partial charge in [-0.15, -0.1) is 0 Å². The molecule has 1 aliphatic rings. The summed E-state index contributed by atoms with van der Waals surface area (Å²) in [6, 6.07) is 2.11. The molecule has 1 saturated heterocycles. The Kier molecular flexibility index (Phi) is 7.61. The lowest BCUT2D eigenvalue weighted by Gasteiger charge is -2.32. The van der Waals surface area contributed by atoms with E-state index in [2.05, 4.69) is 21.7 Å². The zero-order valence-electron chi connectivity index (χ0n) is 15.6. The summed E-state index contributed by atoms with van der Waals surface area (Å²) in [7, 11) is 4.07. The van der Waals surface area contributed by atoms with E-state index in [9.17, 15) is 13.6 Å². The van der Waals surface area contributed by atoms with Crippen LogP contribution in [0.3, 0.4) is 0 Å². The largest absolute Gasteiger partial charge is 0.321 e. The number of likely N-dealkylation sites (N-methyl/N-ethyl adjacent to an activating group) is 1. The van der Waals surface area contributed by atoms with Crippen molar-refractivity contribution in [2.24, 2.45) is 5.92 Å². The lowest BCUT2D eigenvalue weighted by Crippen LogP contribution is -2.44. The van der Waals surface area contributed by atoms with E-state index in [1.807, 2.05) is 14.1 Å². The molecule has 144 valence electrons. The van der Waals surface area contributed by atoms with Gasteiger partial charge in [0.2, 0.25) is 5.91 Å². The van der Waals surface area contributed by atoms with Crippen LogP contribution in [0.2, 0.25) is 0 Å². The molecular weight excluding hydrogens is 356 g/mol. The topological polar surface area (TPSA) is 35.6 Å². The highest BCUT2D eigenvalue weighted by molar-refractivity contribution is 8.03. The SMILES string of the molecule is C=C(NC(=O)C1CCCN(CCN(C)C)C1)Sc1cc(F)cc(F)c1C. The molecule has 2 rings (SSSR count). The number of likely N-dealkylation sites (tertiary alicyclic amines) is 1. The Bertz CT molecular complexity index is 666. The highest BCUT2D eigenvalue weighted by Gasteiger charge is 2.26. The molecule has 0 bridgehead atoms. The molecule has 0 saturated carbocycles. The van der Waals surface area contributed by atoms with E-state index >= 15 is 0 Å². The van der Waals surface area contributed by atoms with E-state index in [4.69, 9.17) is 0 Å². The van der Waals surface area contributed by atoms with Crippen LogP contribution in [0.4, 0.5) is 8.78 Å². The number of hydrogen-bond donors (Lipinski definition) is 1. The Labute approximate surface area is 158 Å². The number of amides is 1. The second-order valence-electron chi connectivity index (χ2n) is 6.97. The highest BCUT2D eigenvalue weighted by atomic mass is 32.2. The first-order valence-corrected chi connectivity index (χ1v) is 9.58. The van der Waals surface area contributed by atoms with Crippen LogP contribution in [0.15, 0.2) is 28.6 Å². The summed E-state index contributed by atoms with van der Waals surface area (Å²) in [5.74, 6) is -1.41. The van der Waals surface area contributed by atoms with Crippen LogP contribution in [0.25, 0.3) is 0 Å². The van der Waals surface area contributed by atoms with Crippen molar-refractivity contribution in [3.05, 3.63) is 40.9 Å². The summed E-state index contributed by atoms with van der Waals surface area (Å²) in [4.78, 5) is 17.4. The smallest absolute Gasteiger partial charge is 0.229 e. The predicted molar refractivity (Wildman–Crippen MR) is 102 cm³/mol. The van der Waals surface area contributed by atoms with Crippen LogP contribution in [0.1, 0.15) is 18.4 Å². The van der Waals surface area contributed by atoms with Gasteiger partial charge in [-0.25, -0.2) is 8.78 Å². The molecule has 7 heteroatoms. The van der Waals surface area contributed by atoms with Crippen LogP contribution in [-0.2, 0) is 4.79 Å². The molecule has 0 spiro atoms. The number of carbonyl (C=O) groups excluding carboxylic acids is 1. The maximum absolute atomic E-state index is 13.6. The lowest BCUT2D eigenvalue weighted by molar-refractivity contribution is -0.125. The summed E-state index contributed by atoms with van der Waals surface area (Å²) in [5, 5.41) is 3.18. The molecule has 0 aromatic heterocycles. The minimum atomic E-state index is -0.640. The standard InChI is InChI=1S/C19H27F2N3OS/c1-13-17(21)10-16(20)11-18(13)26-14(2)22-19(25)15-6-5-7-24(12-15)9-8-23(3)4/h10-11,15H,2,5-9,12H2,1,3-4H3,(H,22,25). The molecule has 1 unspecified atom stereocenters. The summed E-state index contributed by atoms with van der Waals surface area (Å²) < 4.78 is 27.0. The number of carbonyl (C=O) groups is 1. The molecule has 1 aromatic carbocycles. The molecular formula is C19H27F2N3OS. The summed E-state index contributed by atoms with van der Waals surface area (Å²) in [5.41, 5.74) is 0.347. The van der Waals surface area contributed by atoms with Crippen molar-refractivity contribution in [2.75, 3.05) is 40.3 Å². The number of hydrogen-bond acceptors (Lipinski definition) is 4. The van der Waals surface area contributed by atoms with E-state index in [0.717, 1.165) is 56.8 Å². The van der Waals surface area contributed by atoms with Crippen molar-refractivity contribution in [1.29, 1.82) is 0 Å². The summed E-state index contributed by atoms with van der Waals surface area (Å²) in [6.07, 6.45) is 1.83. The first-order valence-electron chi connectivity index (χ1n) is 8.76. The Morgan fingerprint density at radius 1 is 1.42 bits per heavy atom. The Morgan fingerprint density at radius 2 is 2.15 bits per heavy atom. The van der Waals surface area contributed by atoms with Gasteiger partial charge in [0.25, 0.3) is 0 Å². The molecule has 1 atom stereocenters. The van der Waals surface area contributed by atoms with Crippen molar-refractivity contribution in [1.82, 2.24) is 15.1 Å². The molecule has 4 nitrogen and oxygen atoms in total. The monoisotopic (exact) mass is 383 g/mol. The Morgan fingerprint density at radius 3 is 2.85 bits per heavy atom. The average Bonchev–Trinajstić information content (AvgIpc) is 2.57. The fourth-order valence-corrected chi connectivity index (χ4v) is 3.78. The van der Waals surface area contributed by atoms with Crippen molar-refractivity contribution in [2.45, 2.75) is 24.7 Å². The normalized spacial score (nSPS) is 18.2. The van der Waals surface area contributed by atoms with E-state index in [-0.39, 0.29) is 11.8 Å². The number of halogens is 2. The molecule has 26 heavy (non-hydrogen) atoms. The third kappa shape index (κ3) is 6.07. The Balaban J connectivity index is 1.89. The average molecular weight is 384 g/mol. The van der Waals surface area contributed by atoms with Crippen LogP contribution in [0.5, 0.6) is 0 Å². The quantitative estimate of drug-likeness (QED) is 0.734. The third-order valence-corrected chi connectivity index (χ3v) is 5.49. The zero-order valence-corrected chi connectivity index (χ0v) is 16.5. The van der Waals surface area contributed by atoms with Gasteiger partial charge >= 0.3 is 0 Å². The molecule has 1 fully saturated rings. The minimum Gasteiger partial charge on any atom is -0.321 e. The molecule has 1 heterocycles. The van der Waals surface area contributed by atoms with Crippen molar-refractivity contribution < 1.29 is 13.6 Å². The fourth-order valence-electron chi connectivity index (χ4n) is 2.94. The van der Waals surface area contributed by atoms with Gasteiger partial charge in [-0.3, -0.25) is 4.79 Å². The van der Waals surface area contributed by atoms with Gasteiger partial charge in [-0.1, -0.05) is 18.3 Å². The van der Waals surface area contributed by atoms with Gasteiger partial charge in [0.05, 0.1) is 10.9 Å². The molecule has 1 aromatic rings. The van der Waals surface area contributed by atoms with Gasteiger partial charge in [-0.2, -0.15) is 0 Å². The van der Waals surface area contributed by atoms with Crippen molar-refractivity contribution in [3.63, 3.8) is 0 Å². The second-order valence-corrected chi connectivity index (χ2v) is 8.11. The van der Waals surface area contributed by atoms with E-state index in [1.165, 1.54) is 6.07 Å². The number of thioether (sulfide) groups is 1. The second kappa shape index (κ2) is 9.48. The predicted octanol–water partition coefficient (Wildman–Crippen LogP) is 3.23. The summed E-state index contributed by atoms with van der Waals surface area (Å²) >= 11 is 1.08. The number of piperidine rings is 1. The molecule has 1 N–H and O–H groups in total. The first-order chi connectivity index (χ1) is 12.3. The zero-order chi connectivity index (χ0) is 19.3. The van der Waals surface area contributed by atoms with Crippen LogP contribution in [0, 0.1) is 24.5 Å². The fraction of sp³-hybridized carbons (Fsp3) is 0.526. The third-order valence-electron chi connectivity index (χ3n) is 4.50. The Hall–Kier alpha value is -1.44. The van der Waals surface area contributed by atoms with Crippen LogP contribution < -0.4 is 5.32 Å². The van der Waals surface area contributed by atoms with Crippen molar-refractivity contribution >= 4 is 17.7 Å². The minimum absolute atomic E-state index is 0.0772. The maximum atomic E-state index is 13.6. The number of benzene rings is 1. The number of nitrogens with one attached hydrogen (secondary N) is 1. The summed E-state index contributed by atoms with van der Waals surface area (Å²) in [6.45, 7) is 9.04. The molecule has 1 amide bonds. The maximum Gasteiger partial charge on any atom is 0.229 e. The number of nitrogens with zero attached hydrogens (tertiary/aromatic N) is 2. The number of rotatable bonds is 7. The van der Waals surface area contributed by atoms with Crippen molar-refractivity contribution in [3.8, 4) is 0 Å². The van der Waals surface area contributed by atoms with Gasteiger partial charge in [0.15, 0.2) is 0 Å². The van der Waals surface area contributed by atoms with Crippen LogP contribution >= 0.6 is 11.8 Å². The first kappa shape index (κ1) is 20.9. The molecule has 0 aliphatic carbocycles. The van der Waals surface area contributed by atoms with Gasteiger partial charge in [0, 0.05) is 30.6 Å². The molecule has 0 radical (unpaired) electrons. The lowest BCUT2D eigenvalue weighted by atomic mass is 9.97. The van der Waals surface area contributed by atoms with E-state index < -0.39 is 11.6 Å². The highest BCUT2D eigenvalue weighted by Crippen LogP contribution is 2.30. The van der Waals surface area contributed by atoms with E-state index in [0.29, 0.717) is 15.5 Å². The van der Waals surface area contributed by atoms with Gasteiger partial charge in [-0.05, 0) is 52.0 Å². The van der Waals surface area contributed by atoms with Crippen LogP contribution in [-0.4, -0.2) is 56.0 Å². The van der Waals surface area contributed by atoms with E-state index in [1.54, 1.807) is 6.92 Å². The van der Waals surface area contributed by atoms with Gasteiger partial charge in [0.1, 0.15) is 11.6 Å².